The van der Waals surface area contributed by atoms with E-state index >= 15 is 0 Å². The SMILES string of the molecule is O=C(C=Cc1ccccc1)CCc1ccccc1.O=C(CCc1ccccc1)CCc1ccccc1. The number of carbonyl (C=O) groups is 2. The second-order valence-electron chi connectivity index (χ2n) is 8.71. The van der Waals surface area contributed by atoms with Gasteiger partial charge in [0.2, 0.25) is 0 Å². The van der Waals surface area contributed by atoms with E-state index in [1.807, 2.05) is 103 Å². The molecule has 36 heavy (non-hydrogen) atoms. The number of aryl methyl sites for hydroxylation is 3. The van der Waals surface area contributed by atoms with Gasteiger partial charge in [0.05, 0.1) is 0 Å². The topological polar surface area (TPSA) is 34.1 Å². The van der Waals surface area contributed by atoms with Crippen molar-refractivity contribution in [2.24, 2.45) is 0 Å². The highest BCUT2D eigenvalue weighted by Crippen LogP contribution is 2.08. The molecule has 182 valence electrons. The molecule has 0 spiro atoms. The minimum atomic E-state index is 0.169. The lowest BCUT2D eigenvalue weighted by Gasteiger charge is -2.02. The Labute approximate surface area is 215 Å². The van der Waals surface area contributed by atoms with E-state index in [2.05, 4.69) is 24.3 Å². The Morgan fingerprint density at radius 2 is 0.833 bits per heavy atom. The Kier molecular flexibility index (Phi) is 11.6. The van der Waals surface area contributed by atoms with Gasteiger partial charge >= 0.3 is 0 Å². The first-order chi connectivity index (χ1) is 17.7. The van der Waals surface area contributed by atoms with Crippen LogP contribution in [0.25, 0.3) is 6.08 Å². The van der Waals surface area contributed by atoms with Crippen LogP contribution in [-0.4, -0.2) is 11.6 Å². The molecular weight excluding hydrogens is 440 g/mol. The summed E-state index contributed by atoms with van der Waals surface area (Å²) in [5.74, 6) is 0.519. The molecule has 0 saturated heterocycles. The Hall–Kier alpha value is -4.04. The fourth-order valence-electron chi connectivity index (χ4n) is 3.73. The average Bonchev–Trinajstić information content (AvgIpc) is 2.95. The standard InChI is InChI=1S/C17H18O.C17H16O/c2*18-17(13-11-15-7-3-1-4-8-15)14-12-16-9-5-2-6-10-16/h1-10H,11-14H2;1-11,13H,12,14H2. The lowest BCUT2D eigenvalue weighted by atomic mass is 10.0. The molecule has 0 unspecified atom stereocenters. The van der Waals surface area contributed by atoms with Crippen LogP contribution in [0, 0.1) is 0 Å². The smallest absolute Gasteiger partial charge is 0.156 e. The quantitative estimate of drug-likeness (QED) is 0.209. The van der Waals surface area contributed by atoms with Gasteiger partial charge in [-0.05, 0) is 47.6 Å². The van der Waals surface area contributed by atoms with Crippen LogP contribution in [0.5, 0.6) is 0 Å². The van der Waals surface area contributed by atoms with Crippen LogP contribution in [0.15, 0.2) is 127 Å². The molecule has 2 nitrogen and oxygen atoms in total. The summed E-state index contributed by atoms with van der Waals surface area (Å²) in [6.45, 7) is 0. The monoisotopic (exact) mass is 474 g/mol. The molecule has 0 saturated carbocycles. The Morgan fingerprint density at radius 1 is 0.472 bits per heavy atom. The summed E-state index contributed by atoms with van der Waals surface area (Å²) >= 11 is 0. The zero-order valence-electron chi connectivity index (χ0n) is 20.8. The van der Waals surface area contributed by atoms with Crippen LogP contribution in [0.1, 0.15) is 41.5 Å². The van der Waals surface area contributed by atoms with Crippen molar-refractivity contribution in [2.45, 2.75) is 38.5 Å². The van der Waals surface area contributed by atoms with Crippen molar-refractivity contribution in [1.82, 2.24) is 0 Å². The third-order valence-electron chi connectivity index (χ3n) is 5.83. The fourth-order valence-corrected chi connectivity index (χ4v) is 3.73. The third-order valence-corrected chi connectivity index (χ3v) is 5.83. The zero-order chi connectivity index (χ0) is 25.3. The summed E-state index contributed by atoms with van der Waals surface area (Å²) in [6, 6.07) is 40.3. The van der Waals surface area contributed by atoms with Crippen LogP contribution in [0.2, 0.25) is 0 Å². The first-order valence-corrected chi connectivity index (χ1v) is 12.6. The molecule has 0 aromatic heterocycles. The van der Waals surface area contributed by atoms with E-state index in [1.165, 1.54) is 16.7 Å². The van der Waals surface area contributed by atoms with Gasteiger partial charge in [0.1, 0.15) is 5.78 Å². The molecular formula is C34H34O2. The summed E-state index contributed by atoms with van der Waals surface area (Å²) in [5, 5.41) is 0. The Balaban J connectivity index is 0.000000201. The van der Waals surface area contributed by atoms with E-state index in [0.717, 1.165) is 24.8 Å². The summed E-state index contributed by atoms with van der Waals surface area (Å²) < 4.78 is 0. The molecule has 0 aliphatic rings. The van der Waals surface area contributed by atoms with E-state index in [4.69, 9.17) is 0 Å². The van der Waals surface area contributed by atoms with Gasteiger partial charge in [-0.15, -0.1) is 0 Å². The van der Waals surface area contributed by atoms with E-state index < -0.39 is 0 Å². The molecule has 4 rings (SSSR count). The van der Waals surface area contributed by atoms with E-state index in [0.29, 0.717) is 25.0 Å². The molecule has 0 amide bonds. The van der Waals surface area contributed by atoms with Gasteiger partial charge in [0.15, 0.2) is 5.78 Å². The largest absolute Gasteiger partial charge is 0.300 e. The number of benzene rings is 4. The summed E-state index contributed by atoms with van der Waals surface area (Å²) in [6.07, 6.45) is 7.91. The minimum Gasteiger partial charge on any atom is -0.300 e. The fraction of sp³-hybridized carbons (Fsp3) is 0.176. The summed E-state index contributed by atoms with van der Waals surface area (Å²) in [5.41, 5.74) is 4.75. The molecule has 0 bridgehead atoms. The first kappa shape index (κ1) is 26.6. The minimum absolute atomic E-state index is 0.169. The van der Waals surface area contributed by atoms with Crippen LogP contribution < -0.4 is 0 Å². The van der Waals surface area contributed by atoms with Crippen molar-refractivity contribution < 1.29 is 9.59 Å². The lowest BCUT2D eigenvalue weighted by molar-refractivity contribution is -0.119. The molecule has 0 radical (unpaired) electrons. The Bertz CT molecular complexity index is 1140. The van der Waals surface area contributed by atoms with Crippen molar-refractivity contribution in [3.8, 4) is 0 Å². The second kappa shape index (κ2) is 15.8. The maximum absolute atomic E-state index is 11.8. The molecule has 0 N–H and O–H groups in total. The number of Topliss-reactive ketones (excluding diaryl/α,β-unsaturated/α-hetero) is 1. The molecule has 0 heterocycles. The number of ketones is 2. The normalized spacial score (nSPS) is 10.4. The van der Waals surface area contributed by atoms with Crippen LogP contribution in [0.4, 0.5) is 0 Å². The number of hydrogen-bond donors (Lipinski definition) is 0. The lowest BCUT2D eigenvalue weighted by Crippen LogP contribution is -2.02. The molecule has 4 aromatic carbocycles. The van der Waals surface area contributed by atoms with Crippen LogP contribution in [-0.2, 0) is 28.9 Å². The second-order valence-corrected chi connectivity index (χ2v) is 8.71. The van der Waals surface area contributed by atoms with Crippen LogP contribution in [0.3, 0.4) is 0 Å². The Morgan fingerprint density at radius 3 is 1.25 bits per heavy atom. The van der Waals surface area contributed by atoms with E-state index in [9.17, 15) is 9.59 Å². The van der Waals surface area contributed by atoms with Crippen LogP contribution >= 0.6 is 0 Å². The number of rotatable bonds is 11. The first-order valence-electron chi connectivity index (χ1n) is 12.6. The van der Waals surface area contributed by atoms with Gasteiger partial charge in [0.25, 0.3) is 0 Å². The van der Waals surface area contributed by atoms with Crippen molar-refractivity contribution in [3.05, 3.63) is 150 Å². The zero-order valence-corrected chi connectivity index (χ0v) is 20.8. The van der Waals surface area contributed by atoms with Gasteiger partial charge in [-0.25, -0.2) is 0 Å². The number of hydrogen-bond acceptors (Lipinski definition) is 2. The molecule has 4 aromatic rings. The van der Waals surface area contributed by atoms with E-state index in [-0.39, 0.29) is 5.78 Å². The average molecular weight is 475 g/mol. The molecule has 0 atom stereocenters. The summed E-state index contributed by atoms with van der Waals surface area (Å²) in [7, 11) is 0. The highest BCUT2D eigenvalue weighted by molar-refractivity contribution is 5.93. The number of carbonyl (C=O) groups excluding carboxylic acids is 2. The maximum Gasteiger partial charge on any atom is 0.156 e. The molecule has 0 aliphatic carbocycles. The van der Waals surface area contributed by atoms with E-state index in [1.54, 1.807) is 6.08 Å². The van der Waals surface area contributed by atoms with Gasteiger partial charge in [0, 0.05) is 19.3 Å². The molecule has 2 heteroatoms. The van der Waals surface area contributed by atoms with Crippen molar-refractivity contribution in [1.29, 1.82) is 0 Å². The number of allylic oxidation sites excluding steroid dienone is 1. The highest BCUT2D eigenvalue weighted by atomic mass is 16.1. The van der Waals surface area contributed by atoms with Gasteiger partial charge < -0.3 is 0 Å². The van der Waals surface area contributed by atoms with Gasteiger partial charge in [-0.2, -0.15) is 0 Å². The predicted octanol–water partition coefficient (Wildman–Crippen LogP) is 7.72. The third kappa shape index (κ3) is 10.9. The van der Waals surface area contributed by atoms with Gasteiger partial charge in [-0.1, -0.05) is 127 Å². The van der Waals surface area contributed by atoms with Crippen molar-refractivity contribution >= 4 is 17.6 Å². The van der Waals surface area contributed by atoms with Gasteiger partial charge in [-0.3, -0.25) is 9.59 Å². The maximum atomic E-state index is 11.8. The van der Waals surface area contributed by atoms with Crippen molar-refractivity contribution in [2.75, 3.05) is 0 Å². The molecule has 0 aliphatic heterocycles. The summed E-state index contributed by atoms with van der Waals surface area (Å²) in [4.78, 5) is 23.5. The molecule has 0 fully saturated rings. The predicted molar refractivity (Wildman–Crippen MR) is 150 cm³/mol. The highest BCUT2D eigenvalue weighted by Gasteiger charge is 2.03. The van der Waals surface area contributed by atoms with Crippen molar-refractivity contribution in [3.63, 3.8) is 0 Å².